The Morgan fingerprint density at radius 1 is 1.50 bits per heavy atom. The molecule has 1 atom stereocenters. The number of anilines is 1. The molecular weight excluding hydrogens is 198 g/mol. The van der Waals surface area contributed by atoms with Crippen molar-refractivity contribution in [2.75, 3.05) is 25.2 Å². The molecule has 0 fully saturated rings. The SMILES string of the molecule is COCC[S@@](=O)Cc1cccc(N)c1. The highest BCUT2D eigenvalue weighted by molar-refractivity contribution is 7.84. The van der Waals surface area contributed by atoms with Crippen molar-refractivity contribution < 1.29 is 8.95 Å². The second-order valence-electron chi connectivity index (χ2n) is 3.03. The first-order chi connectivity index (χ1) is 6.72. The standard InChI is InChI=1S/C10H15NO2S/c1-13-5-6-14(12)8-9-3-2-4-10(11)7-9/h2-4,7H,5-6,8,11H2,1H3/t14-/m1/s1. The molecule has 78 valence electrons. The van der Waals surface area contributed by atoms with Gasteiger partial charge in [0.2, 0.25) is 0 Å². The Hall–Kier alpha value is -0.870. The van der Waals surface area contributed by atoms with Gasteiger partial charge in [0.25, 0.3) is 0 Å². The van der Waals surface area contributed by atoms with Crippen LogP contribution in [0.2, 0.25) is 0 Å². The molecule has 0 aromatic heterocycles. The van der Waals surface area contributed by atoms with E-state index in [2.05, 4.69) is 0 Å². The number of rotatable bonds is 5. The van der Waals surface area contributed by atoms with Gasteiger partial charge in [-0.1, -0.05) is 12.1 Å². The molecule has 0 spiro atoms. The summed E-state index contributed by atoms with van der Waals surface area (Å²) in [5, 5.41) is 0. The highest BCUT2D eigenvalue weighted by Crippen LogP contribution is 2.08. The number of methoxy groups -OCH3 is 1. The van der Waals surface area contributed by atoms with E-state index in [0.29, 0.717) is 23.8 Å². The summed E-state index contributed by atoms with van der Waals surface area (Å²) < 4.78 is 16.3. The van der Waals surface area contributed by atoms with Crippen molar-refractivity contribution in [1.82, 2.24) is 0 Å². The van der Waals surface area contributed by atoms with Crippen molar-refractivity contribution in [1.29, 1.82) is 0 Å². The third-order valence-corrected chi connectivity index (χ3v) is 3.07. The molecule has 0 aliphatic heterocycles. The molecule has 4 heteroatoms. The van der Waals surface area contributed by atoms with Gasteiger partial charge in [0.1, 0.15) is 0 Å². The second kappa shape index (κ2) is 5.78. The maximum atomic E-state index is 11.5. The van der Waals surface area contributed by atoms with Crippen LogP contribution < -0.4 is 5.73 Å². The Balaban J connectivity index is 2.47. The van der Waals surface area contributed by atoms with E-state index in [1.807, 2.05) is 24.3 Å². The summed E-state index contributed by atoms with van der Waals surface area (Å²) in [4.78, 5) is 0. The average molecular weight is 213 g/mol. The van der Waals surface area contributed by atoms with E-state index < -0.39 is 10.8 Å². The van der Waals surface area contributed by atoms with E-state index in [9.17, 15) is 4.21 Å². The molecule has 0 bridgehead atoms. The van der Waals surface area contributed by atoms with Crippen LogP contribution in [0, 0.1) is 0 Å². The first-order valence-electron chi connectivity index (χ1n) is 4.40. The van der Waals surface area contributed by atoms with Crippen LogP contribution in [-0.2, 0) is 21.3 Å². The normalized spacial score (nSPS) is 12.6. The fourth-order valence-corrected chi connectivity index (χ4v) is 2.17. The molecule has 0 saturated heterocycles. The summed E-state index contributed by atoms with van der Waals surface area (Å²) in [6, 6.07) is 7.48. The van der Waals surface area contributed by atoms with Gasteiger partial charge in [-0.3, -0.25) is 4.21 Å². The summed E-state index contributed by atoms with van der Waals surface area (Å²) >= 11 is 0. The zero-order valence-corrected chi connectivity index (χ0v) is 9.05. The highest BCUT2D eigenvalue weighted by atomic mass is 32.2. The molecule has 0 aliphatic carbocycles. The number of hydrogen-bond acceptors (Lipinski definition) is 3. The van der Waals surface area contributed by atoms with Gasteiger partial charge in [-0.25, -0.2) is 0 Å². The lowest BCUT2D eigenvalue weighted by molar-refractivity contribution is 0.218. The van der Waals surface area contributed by atoms with Crippen molar-refractivity contribution in [3.05, 3.63) is 29.8 Å². The average Bonchev–Trinajstić information content (AvgIpc) is 2.15. The lowest BCUT2D eigenvalue weighted by atomic mass is 10.2. The van der Waals surface area contributed by atoms with Gasteiger partial charge in [-0.15, -0.1) is 0 Å². The van der Waals surface area contributed by atoms with Crippen molar-refractivity contribution in [2.24, 2.45) is 0 Å². The van der Waals surface area contributed by atoms with Crippen LogP contribution in [0.15, 0.2) is 24.3 Å². The van der Waals surface area contributed by atoms with E-state index in [4.69, 9.17) is 10.5 Å². The maximum absolute atomic E-state index is 11.5. The molecule has 14 heavy (non-hydrogen) atoms. The fraction of sp³-hybridized carbons (Fsp3) is 0.400. The van der Waals surface area contributed by atoms with Gasteiger partial charge in [0.05, 0.1) is 6.61 Å². The number of nitrogen functional groups attached to an aromatic ring is 1. The summed E-state index contributed by atoms with van der Waals surface area (Å²) in [6.07, 6.45) is 0. The number of hydrogen-bond donors (Lipinski definition) is 1. The van der Waals surface area contributed by atoms with Crippen LogP contribution in [0.25, 0.3) is 0 Å². The van der Waals surface area contributed by atoms with E-state index in [1.54, 1.807) is 7.11 Å². The molecule has 1 aromatic carbocycles. The number of nitrogens with two attached hydrogens (primary N) is 1. The van der Waals surface area contributed by atoms with Gasteiger partial charge in [0.15, 0.2) is 0 Å². The first-order valence-corrected chi connectivity index (χ1v) is 5.89. The fourth-order valence-electron chi connectivity index (χ4n) is 1.12. The van der Waals surface area contributed by atoms with Crippen LogP contribution >= 0.6 is 0 Å². The van der Waals surface area contributed by atoms with Crippen LogP contribution in [-0.4, -0.2) is 23.7 Å². The minimum Gasteiger partial charge on any atom is -0.399 e. The maximum Gasteiger partial charge on any atom is 0.0577 e. The largest absolute Gasteiger partial charge is 0.399 e. The van der Waals surface area contributed by atoms with Gasteiger partial charge in [-0.05, 0) is 17.7 Å². The van der Waals surface area contributed by atoms with Gasteiger partial charge in [0, 0.05) is 35.1 Å². The van der Waals surface area contributed by atoms with E-state index in [0.717, 1.165) is 5.56 Å². The summed E-state index contributed by atoms with van der Waals surface area (Å²) in [6.45, 7) is 0.537. The molecule has 0 amide bonds. The summed E-state index contributed by atoms with van der Waals surface area (Å²) in [5.41, 5.74) is 7.34. The molecule has 2 N–H and O–H groups in total. The predicted molar refractivity (Wildman–Crippen MR) is 59.4 cm³/mol. The van der Waals surface area contributed by atoms with Crippen LogP contribution in [0.1, 0.15) is 5.56 Å². The topological polar surface area (TPSA) is 52.3 Å². The Morgan fingerprint density at radius 2 is 2.29 bits per heavy atom. The predicted octanol–water partition coefficient (Wildman–Crippen LogP) is 1.16. The van der Waals surface area contributed by atoms with Gasteiger partial charge < -0.3 is 10.5 Å². The van der Waals surface area contributed by atoms with Crippen LogP contribution in [0.5, 0.6) is 0 Å². The Labute approximate surface area is 86.7 Å². The Bertz CT molecular complexity index is 315. The molecule has 0 saturated carbocycles. The lowest BCUT2D eigenvalue weighted by Gasteiger charge is -2.02. The summed E-state index contributed by atoms with van der Waals surface area (Å²) in [7, 11) is 0.749. The molecule has 0 radical (unpaired) electrons. The first kappa shape index (κ1) is 11.2. The smallest absolute Gasteiger partial charge is 0.0577 e. The second-order valence-corrected chi connectivity index (χ2v) is 4.60. The molecule has 0 heterocycles. The Morgan fingerprint density at radius 3 is 2.93 bits per heavy atom. The Kier molecular flexibility index (Phi) is 4.62. The molecule has 1 aromatic rings. The van der Waals surface area contributed by atoms with Crippen LogP contribution in [0.4, 0.5) is 5.69 Å². The zero-order valence-electron chi connectivity index (χ0n) is 8.23. The minimum absolute atomic E-state index is 0.537. The molecule has 3 nitrogen and oxygen atoms in total. The summed E-state index contributed by atoms with van der Waals surface area (Å²) in [5.74, 6) is 1.12. The third-order valence-electron chi connectivity index (χ3n) is 1.79. The number of benzene rings is 1. The minimum atomic E-state index is -0.860. The van der Waals surface area contributed by atoms with Crippen molar-refractivity contribution in [3.63, 3.8) is 0 Å². The van der Waals surface area contributed by atoms with E-state index in [-0.39, 0.29) is 0 Å². The van der Waals surface area contributed by atoms with Crippen molar-refractivity contribution in [2.45, 2.75) is 5.75 Å². The van der Waals surface area contributed by atoms with E-state index in [1.165, 1.54) is 0 Å². The molecule has 0 aliphatic rings. The van der Waals surface area contributed by atoms with Gasteiger partial charge >= 0.3 is 0 Å². The van der Waals surface area contributed by atoms with Crippen molar-refractivity contribution in [3.8, 4) is 0 Å². The molecule has 1 rings (SSSR count). The monoisotopic (exact) mass is 213 g/mol. The third kappa shape index (κ3) is 3.89. The highest BCUT2D eigenvalue weighted by Gasteiger charge is 2.01. The molecule has 0 unspecified atom stereocenters. The number of ether oxygens (including phenoxy) is 1. The van der Waals surface area contributed by atoms with Crippen LogP contribution in [0.3, 0.4) is 0 Å². The van der Waals surface area contributed by atoms with Crippen molar-refractivity contribution >= 4 is 16.5 Å². The molecular formula is C10H15NO2S. The van der Waals surface area contributed by atoms with Gasteiger partial charge in [-0.2, -0.15) is 0 Å². The van der Waals surface area contributed by atoms with E-state index >= 15 is 0 Å². The quantitative estimate of drug-likeness (QED) is 0.747. The lowest BCUT2D eigenvalue weighted by Crippen LogP contribution is -2.06. The zero-order chi connectivity index (χ0) is 10.4.